The van der Waals surface area contributed by atoms with Crippen molar-refractivity contribution in [2.24, 2.45) is 5.92 Å². The molecule has 0 radical (unpaired) electrons. The normalized spacial score (nSPS) is 22.1. The standard InChI is InChI=1S/C15H16ClN3O/c1-9-6-8-18-13(9)15(20)19-12-5-4-11(16)14-10(12)3-2-7-17-14/h2-5,7,9,13,18H,6,8H2,1H3,(H,19,20). The molecule has 2 aromatic rings. The second-order valence-corrected chi connectivity index (χ2v) is 5.59. The highest BCUT2D eigenvalue weighted by Crippen LogP contribution is 2.28. The van der Waals surface area contributed by atoms with Crippen LogP contribution >= 0.6 is 11.6 Å². The zero-order chi connectivity index (χ0) is 14.1. The Kier molecular flexibility index (Phi) is 3.59. The van der Waals surface area contributed by atoms with Crippen molar-refractivity contribution in [3.8, 4) is 0 Å². The number of pyridine rings is 1. The lowest BCUT2D eigenvalue weighted by molar-refractivity contribution is -0.118. The molecule has 4 nitrogen and oxygen atoms in total. The first kappa shape index (κ1) is 13.3. The van der Waals surface area contributed by atoms with Gasteiger partial charge in [0.25, 0.3) is 0 Å². The van der Waals surface area contributed by atoms with Crippen LogP contribution in [0.3, 0.4) is 0 Å². The van der Waals surface area contributed by atoms with Gasteiger partial charge in [-0.05, 0) is 43.1 Å². The fourth-order valence-electron chi connectivity index (χ4n) is 2.64. The van der Waals surface area contributed by atoms with E-state index in [2.05, 4.69) is 22.5 Å². The maximum Gasteiger partial charge on any atom is 0.241 e. The first-order chi connectivity index (χ1) is 9.66. The van der Waals surface area contributed by atoms with Gasteiger partial charge in [-0.3, -0.25) is 9.78 Å². The van der Waals surface area contributed by atoms with Crippen LogP contribution in [-0.2, 0) is 4.79 Å². The number of carbonyl (C=O) groups is 1. The molecule has 104 valence electrons. The minimum atomic E-state index is -0.127. The van der Waals surface area contributed by atoms with E-state index in [1.165, 1.54) is 0 Å². The third-order valence-electron chi connectivity index (χ3n) is 3.79. The number of benzene rings is 1. The summed E-state index contributed by atoms with van der Waals surface area (Å²) in [7, 11) is 0. The van der Waals surface area contributed by atoms with Gasteiger partial charge in [0, 0.05) is 11.6 Å². The molecular weight excluding hydrogens is 274 g/mol. The van der Waals surface area contributed by atoms with Crippen molar-refractivity contribution in [2.75, 3.05) is 11.9 Å². The van der Waals surface area contributed by atoms with Crippen LogP contribution in [0.5, 0.6) is 0 Å². The number of nitrogens with one attached hydrogen (secondary N) is 2. The molecule has 1 aromatic carbocycles. The Balaban J connectivity index is 1.91. The summed E-state index contributed by atoms with van der Waals surface area (Å²) in [5.74, 6) is 0.356. The molecule has 0 saturated carbocycles. The number of hydrogen-bond donors (Lipinski definition) is 2. The molecule has 2 N–H and O–H groups in total. The van der Waals surface area contributed by atoms with Gasteiger partial charge in [0.2, 0.25) is 5.91 Å². The molecule has 0 bridgehead atoms. The molecule has 2 unspecified atom stereocenters. The second kappa shape index (κ2) is 5.38. The van der Waals surface area contributed by atoms with E-state index < -0.39 is 0 Å². The van der Waals surface area contributed by atoms with Crippen molar-refractivity contribution >= 4 is 34.1 Å². The highest BCUT2D eigenvalue weighted by Gasteiger charge is 2.29. The number of halogens is 1. The van der Waals surface area contributed by atoms with Gasteiger partial charge < -0.3 is 10.6 Å². The molecular formula is C15H16ClN3O. The lowest BCUT2D eigenvalue weighted by atomic mass is 10.0. The second-order valence-electron chi connectivity index (χ2n) is 5.18. The predicted octanol–water partition coefficient (Wildman–Crippen LogP) is 2.82. The third-order valence-corrected chi connectivity index (χ3v) is 4.10. The number of carbonyl (C=O) groups excluding carboxylic acids is 1. The van der Waals surface area contributed by atoms with Gasteiger partial charge in [0.15, 0.2) is 0 Å². The fourth-order valence-corrected chi connectivity index (χ4v) is 2.86. The molecule has 1 amide bonds. The van der Waals surface area contributed by atoms with E-state index in [0.29, 0.717) is 16.5 Å². The highest BCUT2D eigenvalue weighted by atomic mass is 35.5. The summed E-state index contributed by atoms with van der Waals surface area (Å²) in [5, 5.41) is 7.67. The molecule has 1 aromatic heterocycles. The van der Waals surface area contributed by atoms with E-state index in [9.17, 15) is 4.79 Å². The molecule has 0 aliphatic carbocycles. The van der Waals surface area contributed by atoms with Crippen molar-refractivity contribution in [2.45, 2.75) is 19.4 Å². The molecule has 20 heavy (non-hydrogen) atoms. The Hall–Kier alpha value is -1.65. The molecule has 2 atom stereocenters. The lowest BCUT2D eigenvalue weighted by Crippen LogP contribution is -2.39. The van der Waals surface area contributed by atoms with Gasteiger partial charge in [-0.1, -0.05) is 18.5 Å². The molecule has 5 heteroatoms. The summed E-state index contributed by atoms with van der Waals surface area (Å²) in [4.78, 5) is 16.6. The summed E-state index contributed by atoms with van der Waals surface area (Å²) < 4.78 is 0. The van der Waals surface area contributed by atoms with Crippen LogP contribution in [0.4, 0.5) is 5.69 Å². The Morgan fingerprint density at radius 2 is 2.30 bits per heavy atom. The fraction of sp³-hybridized carbons (Fsp3) is 0.333. The number of anilines is 1. The van der Waals surface area contributed by atoms with E-state index in [-0.39, 0.29) is 11.9 Å². The van der Waals surface area contributed by atoms with Gasteiger partial charge in [-0.15, -0.1) is 0 Å². The maximum atomic E-state index is 12.3. The summed E-state index contributed by atoms with van der Waals surface area (Å²) in [6.07, 6.45) is 2.72. The number of nitrogens with zero attached hydrogens (tertiary/aromatic N) is 1. The van der Waals surface area contributed by atoms with Gasteiger partial charge in [0.05, 0.1) is 22.3 Å². The number of fused-ring (bicyclic) bond motifs is 1. The van der Waals surface area contributed by atoms with Crippen molar-refractivity contribution in [1.82, 2.24) is 10.3 Å². The number of hydrogen-bond acceptors (Lipinski definition) is 3. The Morgan fingerprint density at radius 3 is 3.05 bits per heavy atom. The topological polar surface area (TPSA) is 54.0 Å². The number of rotatable bonds is 2. The van der Waals surface area contributed by atoms with Crippen molar-refractivity contribution < 1.29 is 4.79 Å². The first-order valence-electron chi connectivity index (χ1n) is 6.74. The number of amides is 1. The molecule has 1 aliphatic heterocycles. The average molecular weight is 290 g/mol. The van der Waals surface area contributed by atoms with Crippen LogP contribution in [0.25, 0.3) is 10.9 Å². The summed E-state index contributed by atoms with van der Waals surface area (Å²) >= 11 is 6.13. The minimum Gasteiger partial charge on any atom is -0.324 e. The van der Waals surface area contributed by atoms with E-state index in [1.54, 1.807) is 12.3 Å². The largest absolute Gasteiger partial charge is 0.324 e. The van der Waals surface area contributed by atoms with Crippen molar-refractivity contribution in [3.63, 3.8) is 0 Å². The Morgan fingerprint density at radius 1 is 1.45 bits per heavy atom. The van der Waals surface area contributed by atoms with E-state index in [1.807, 2.05) is 18.2 Å². The quantitative estimate of drug-likeness (QED) is 0.894. The maximum absolute atomic E-state index is 12.3. The molecule has 1 aliphatic rings. The molecule has 1 saturated heterocycles. The van der Waals surface area contributed by atoms with Crippen LogP contribution in [0.2, 0.25) is 5.02 Å². The van der Waals surface area contributed by atoms with E-state index in [0.717, 1.165) is 24.0 Å². The predicted molar refractivity (Wildman–Crippen MR) is 81.0 cm³/mol. The van der Waals surface area contributed by atoms with Crippen LogP contribution in [0.1, 0.15) is 13.3 Å². The van der Waals surface area contributed by atoms with Crippen LogP contribution in [-0.4, -0.2) is 23.5 Å². The SMILES string of the molecule is CC1CCNC1C(=O)Nc1ccc(Cl)c2ncccc12. The Bertz CT molecular complexity index is 659. The van der Waals surface area contributed by atoms with Crippen molar-refractivity contribution in [1.29, 1.82) is 0 Å². The van der Waals surface area contributed by atoms with Crippen LogP contribution < -0.4 is 10.6 Å². The first-order valence-corrected chi connectivity index (χ1v) is 7.12. The smallest absolute Gasteiger partial charge is 0.241 e. The van der Waals surface area contributed by atoms with E-state index >= 15 is 0 Å². The zero-order valence-electron chi connectivity index (χ0n) is 11.2. The highest BCUT2D eigenvalue weighted by molar-refractivity contribution is 6.35. The molecule has 3 rings (SSSR count). The van der Waals surface area contributed by atoms with Crippen LogP contribution in [0.15, 0.2) is 30.5 Å². The summed E-state index contributed by atoms with van der Waals surface area (Å²) in [6.45, 7) is 2.98. The van der Waals surface area contributed by atoms with Crippen LogP contribution in [0, 0.1) is 5.92 Å². The molecule has 2 heterocycles. The monoisotopic (exact) mass is 289 g/mol. The lowest BCUT2D eigenvalue weighted by Gasteiger charge is -2.16. The van der Waals surface area contributed by atoms with Gasteiger partial charge in [0.1, 0.15) is 0 Å². The summed E-state index contributed by atoms with van der Waals surface area (Å²) in [5.41, 5.74) is 1.46. The Labute approximate surface area is 122 Å². The van der Waals surface area contributed by atoms with Gasteiger partial charge >= 0.3 is 0 Å². The number of aromatic nitrogens is 1. The van der Waals surface area contributed by atoms with Crippen molar-refractivity contribution in [3.05, 3.63) is 35.5 Å². The summed E-state index contributed by atoms with van der Waals surface area (Å²) in [6, 6.07) is 7.21. The average Bonchev–Trinajstić information content (AvgIpc) is 2.88. The van der Waals surface area contributed by atoms with Gasteiger partial charge in [-0.2, -0.15) is 0 Å². The molecule has 0 spiro atoms. The van der Waals surface area contributed by atoms with E-state index in [4.69, 9.17) is 11.6 Å². The third kappa shape index (κ3) is 2.37. The molecule has 1 fully saturated rings. The minimum absolute atomic E-state index is 0.00229. The zero-order valence-corrected chi connectivity index (χ0v) is 11.9. The van der Waals surface area contributed by atoms with Gasteiger partial charge in [-0.25, -0.2) is 0 Å².